The predicted octanol–water partition coefficient (Wildman–Crippen LogP) is -0.299. The Balaban J connectivity index is 3.17. The van der Waals surface area contributed by atoms with E-state index in [-0.39, 0.29) is 5.82 Å². The van der Waals surface area contributed by atoms with Crippen LogP contribution in [0.4, 0.5) is 5.82 Å². The highest BCUT2D eigenvalue weighted by Crippen LogP contribution is 2.02. The summed E-state index contributed by atoms with van der Waals surface area (Å²) in [6, 6.07) is 0. The van der Waals surface area contributed by atoms with Crippen molar-refractivity contribution in [1.82, 2.24) is 9.55 Å². The average molecular weight is 141 g/mol. The number of hydrogen-bond donors (Lipinski definition) is 2. The molecule has 5 heteroatoms. The van der Waals surface area contributed by atoms with Gasteiger partial charge in [0.25, 0.3) is 0 Å². The molecule has 54 valence electrons. The Kier molecular flexibility index (Phi) is 1.33. The van der Waals surface area contributed by atoms with Crippen LogP contribution in [0.1, 0.15) is 10.6 Å². The molecule has 0 saturated heterocycles. The van der Waals surface area contributed by atoms with E-state index in [1.807, 2.05) is 0 Å². The second-order valence-corrected chi connectivity index (χ2v) is 1.87. The molecule has 0 aromatic carbocycles. The molecule has 1 aromatic heterocycles. The van der Waals surface area contributed by atoms with Gasteiger partial charge in [0.05, 0.1) is 6.20 Å². The van der Waals surface area contributed by atoms with Crippen LogP contribution in [0, 0.1) is 0 Å². The van der Waals surface area contributed by atoms with E-state index in [1.165, 1.54) is 10.8 Å². The number of nitrogens with zero attached hydrogens (tertiary/aromatic N) is 2. The summed E-state index contributed by atoms with van der Waals surface area (Å²) in [6.07, 6.45) is 1.31. The molecule has 0 aliphatic carbocycles. The van der Waals surface area contributed by atoms with Crippen LogP contribution in [0.5, 0.6) is 0 Å². The Hall–Kier alpha value is -1.52. The molecule has 10 heavy (non-hydrogen) atoms. The molecule has 5 nitrogen and oxygen atoms in total. The lowest BCUT2D eigenvalue weighted by atomic mass is 10.6. The van der Waals surface area contributed by atoms with Crippen LogP contribution >= 0.6 is 0 Å². The van der Waals surface area contributed by atoms with E-state index < -0.39 is 5.97 Å². The number of nitrogen functional groups attached to an aromatic ring is 1. The van der Waals surface area contributed by atoms with Gasteiger partial charge >= 0.3 is 5.97 Å². The van der Waals surface area contributed by atoms with Crippen molar-refractivity contribution in [2.24, 2.45) is 7.05 Å². The number of carboxylic acids is 1. The van der Waals surface area contributed by atoms with Crippen molar-refractivity contribution in [3.8, 4) is 0 Å². The van der Waals surface area contributed by atoms with E-state index in [0.29, 0.717) is 5.82 Å². The van der Waals surface area contributed by atoms with Crippen molar-refractivity contribution < 1.29 is 9.90 Å². The third kappa shape index (κ3) is 0.812. The molecule has 1 aromatic rings. The molecule has 0 saturated carbocycles. The molecule has 0 aliphatic heterocycles. The number of nitrogens with two attached hydrogens (primary N) is 1. The van der Waals surface area contributed by atoms with Crippen molar-refractivity contribution in [3.05, 3.63) is 12.0 Å². The number of carbonyl (C=O) groups is 1. The van der Waals surface area contributed by atoms with Gasteiger partial charge < -0.3 is 15.4 Å². The Morgan fingerprint density at radius 2 is 2.50 bits per heavy atom. The normalized spacial score (nSPS) is 9.70. The zero-order chi connectivity index (χ0) is 7.72. The minimum Gasteiger partial charge on any atom is -0.475 e. The molecule has 0 radical (unpaired) electrons. The summed E-state index contributed by atoms with van der Waals surface area (Å²) in [7, 11) is 1.55. The van der Waals surface area contributed by atoms with Crippen LogP contribution in [-0.2, 0) is 7.05 Å². The summed E-state index contributed by atoms with van der Waals surface area (Å²) < 4.78 is 1.31. The van der Waals surface area contributed by atoms with Crippen molar-refractivity contribution in [2.75, 3.05) is 5.73 Å². The van der Waals surface area contributed by atoms with Crippen LogP contribution < -0.4 is 5.73 Å². The minimum atomic E-state index is -1.07. The third-order valence-corrected chi connectivity index (χ3v) is 1.22. The number of anilines is 1. The van der Waals surface area contributed by atoms with Crippen LogP contribution in [0.25, 0.3) is 0 Å². The van der Waals surface area contributed by atoms with Gasteiger partial charge in [-0.15, -0.1) is 0 Å². The lowest BCUT2D eigenvalue weighted by Gasteiger charge is -1.95. The number of imidazole rings is 1. The standard InChI is InChI=1S/C5H7N3O2/c1-8-3(6)2-7-4(8)5(9)10/h2H,6H2,1H3,(H,9,10). The van der Waals surface area contributed by atoms with Gasteiger partial charge in [0, 0.05) is 7.05 Å². The maximum absolute atomic E-state index is 10.3. The van der Waals surface area contributed by atoms with Gasteiger partial charge in [-0.3, -0.25) is 0 Å². The summed E-state index contributed by atoms with van der Waals surface area (Å²) in [5, 5.41) is 8.44. The fourth-order valence-corrected chi connectivity index (χ4v) is 0.621. The molecular formula is C5H7N3O2. The smallest absolute Gasteiger partial charge is 0.372 e. The van der Waals surface area contributed by atoms with Crippen molar-refractivity contribution in [2.45, 2.75) is 0 Å². The van der Waals surface area contributed by atoms with Gasteiger partial charge in [0.2, 0.25) is 5.82 Å². The van der Waals surface area contributed by atoms with Gasteiger partial charge in [-0.1, -0.05) is 0 Å². The summed E-state index contributed by atoms with van der Waals surface area (Å²) in [5.41, 5.74) is 5.32. The third-order valence-electron chi connectivity index (χ3n) is 1.22. The maximum atomic E-state index is 10.3. The zero-order valence-corrected chi connectivity index (χ0v) is 5.40. The van der Waals surface area contributed by atoms with E-state index in [0.717, 1.165) is 0 Å². The Morgan fingerprint density at radius 1 is 1.90 bits per heavy atom. The first-order chi connectivity index (χ1) is 4.63. The average Bonchev–Trinajstić information content (AvgIpc) is 2.14. The highest BCUT2D eigenvalue weighted by atomic mass is 16.4. The quantitative estimate of drug-likeness (QED) is 0.562. The minimum absolute atomic E-state index is 0.0440. The monoisotopic (exact) mass is 141 g/mol. The van der Waals surface area contributed by atoms with Gasteiger partial charge in [-0.25, -0.2) is 9.78 Å². The molecule has 0 spiro atoms. The first kappa shape index (κ1) is 6.60. The maximum Gasteiger partial charge on any atom is 0.372 e. The van der Waals surface area contributed by atoms with Crippen molar-refractivity contribution in [1.29, 1.82) is 0 Å². The molecule has 3 N–H and O–H groups in total. The van der Waals surface area contributed by atoms with Crippen molar-refractivity contribution >= 4 is 11.8 Å². The predicted molar refractivity (Wildman–Crippen MR) is 34.6 cm³/mol. The molecule has 0 bridgehead atoms. The van der Waals surface area contributed by atoms with Crippen LogP contribution in [-0.4, -0.2) is 20.6 Å². The molecule has 1 rings (SSSR count). The summed E-state index contributed by atoms with van der Waals surface area (Å²) in [5.74, 6) is -0.769. The highest BCUT2D eigenvalue weighted by molar-refractivity contribution is 5.84. The SMILES string of the molecule is Cn1c(N)cnc1C(=O)O. The summed E-state index contributed by atoms with van der Waals surface area (Å²) >= 11 is 0. The Bertz CT molecular complexity index is 266. The number of aromatic nitrogens is 2. The number of aromatic carboxylic acids is 1. The summed E-state index contributed by atoms with van der Waals surface area (Å²) in [4.78, 5) is 13.8. The largest absolute Gasteiger partial charge is 0.475 e. The number of carboxylic acid groups (broad SMARTS) is 1. The topological polar surface area (TPSA) is 81.1 Å². The molecule has 1 heterocycles. The lowest BCUT2D eigenvalue weighted by Crippen LogP contribution is -2.07. The molecule has 0 fully saturated rings. The van der Waals surface area contributed by atoms with Crippen molar-refractivity contribution in [3.63, 3.8) is 0 Å². The van der Waals surface area contributed by atoms with E-state index in [1.54, 1.807) is 7.05 Å². The van der Waals surface area contributed by atoms with Gasteiger partial charge in [0.15, 0.2) is 0 Å². The van der Waals surface area contributed by atoms with Gasteiger partial charge in [0.1, 0.15) is 5.82 Å². The number of rotatable bonds is 1. The number of hydrogen-bond acceptors (Lipinski definition) is 3. The zero-order valence-electron chi connectivity index (χ0n) is 5.40. The first-order valence-electron chi connectivity index (χ1n) is 2.63. The van der Waals surface area contributed by atoms with Crippen LogP contribution in [0.2, 0.25) is 0 Å². The van der Waals surface area contributed by atoms with E-state index in [4.69, 9.17) is 10.8 Å². The Labute approximate surface area is 57.1 Å². The molecule has 0 unspecified atom stereocenters. The Morgan fingerprint density at radius 3 is 2.70 bits per heavy atom. The highest BCUT2D eigenvalue weighted by Gasteiger charge is 2.09. The van der Waals surface area contributed by atoms with Gasteiger partial charge in [-0.2, -0.15) is 0 Å². The molecule has 0 aliphatic rings. The van der Waals surface area contributed by atoms with Gasteiger partial charge in [-0.05, 0) is 0 Å². The fraction of sp³-hybridized carbons (Fsp3) is 0.200. The van der Waals surface area contributed by atoms with E-state index in [2.05, 4.69) is 4.98 Å². The molecular weight excluding hydrogens is 134 g/mol. The van der Waals surface area contributed by atoms with E-state index in [9.17, 15) is 4.79 Å². The second kappa shape index (κ2) is 2.02. The lowest BCUT2D eigenvalue weighted by molar-refractivity contribution is 0.0680. The summed E-state index contributed by atoms with van der Waals surface area (Å²) in [6.45, 7) is 0. The molecule has 0 amide bonds. The molecule has 0 atom stereocenters. The van der Waals surface area contributed by atoms with E-state index >= 15 is 0 Å². The fourth-order valence-electron chi connectivity index (χ4n) is 0.621. The second-order valence-electron chi connectivity index (χ2n) is 1.87. The first-order valence-corrected chi connectivity index (χ1v) is 2.63. The van der Waals surface area contributed by atoms with Crippen LogP contribution in [0.15, 0.2) is 6.20 Å². The van der Waals surface area contributed by atoms with Crippen LogP contribution in [0.3, 0.4) is 0 Å².